The predicted octanol–water partition coefficient (Wildman–Crippen LogP) is 12.4. The second-order valence-electron chi connectivity index (χ2n) is 12.8. The molecule has 51 heavy (non-hydrogen) atoms. The maximum atomic E-state index is 6.25. The molecule has 8 aromatic carbocycles. The van der Waals surface area contributed by atoms with Crippen molar-refractivity contribution in [3.8, 4) is 56.4 Å². The number of benzene rings is 8. The van der Waals surface area contributed by atoms with Gasteiger partial charge in [0.05, 0.1) is 0 Å². The number of hydrogen-bond acceptors (Lipinski definition) is 4. The Morgan fingerprint density at radius 1 is 0.314 bits per heavy atom. The van der Waals surface area contributed by atoms with Crippen LogP contribution in [0.15, 0.2) is 180 Å². The van der Waals surface area contributed by atoms with Crippen LogP contribution >= 0.6 is 0 Å². The molecule has 0 bridgehead atoms. The predicted molar refractivity (Wildman–Crippen MR) is 209 cm³/mol. The molecular formula is C47H29N3O. The Bertz CT molecular complexity index is 2910. The fraction of sp³-hybridized carbons (Fsp3) is 0. The van der Waals surface area contributed by atoms with Gasteiger partial charge in [0.1, 0.15) is 11.2 Å². The summed E-state index contributed by atoms with van der Waals surface area (Å²) in [6, 6.07) is 61.1. The van der Waals surface area contributed by atoms with Crippen molar-refractivity contribution in [1.29, 1.82) is 0 Å². The van der Waals surface area contributed by atoms with Crippen molar-refractivity contribution in [3.05, 3.63) is 176 Å². The van der Waals surface area contributed by atoms with Gasteiger partial charge in [-0.2, -0.15) is 0 Å². The van der Waals surface area contributed by atoms with Gasteiger partial charge in [0.25, 0.3) is 0 Å². The van der Waals surface area contributed by atoms with Crippen molar-refractivity contribution in [1.82, 2.24) is 15.0 Å². The molecule has 0 fully saturated rings. The maximum absolute atomic E-state index is 6.25. The number of furan rings is 1. The molecule has 0 aliphatic carbocycles. The summed E-state index contributed by atoms with van der Waals surface area (Å²) in [7, 11) is 0. The Balaban J connectivity index is 1.13. The van der Waals surface area contributed by atoms with Crippen LogP contribution in [0.2, 0.25) is 0 Å². The third-order valence-electron chi connectivity index (χ3n) is 9.75. The standard InChI is InChI=1S/C47H29N3O/c1-2-11-31(12-3-1)37-15-6-7-16-39(37)46-48-45(49-47(50-46)41-18-10-20-43-44(41)40-17-8-9-19-42(40)51-43)33-24-21-30(22-25-33)34-27-28-38-35(29-34)26-23-32-13-4-5-14-36(32)38/h1-29H. The molecule has 0 saturated carbocycles. The molecule has 10 aromatic rings. The van der Waals surface area contributed by atoms with Crippen LogP contribution < -0.4 is 0 Å². The molecule has 0 aliphatic rings. The van der Waals surface area contributed by atoms with Crippen molar-refractivity contribution in [2.75, 3.05) is 0 Å². The summed E-state index contributed by atoms with van der Waals surface area (Å²) in [4.78, 5) is 15.5. The average molecular weight is 652 g/mol. The van der Waals surface area contributed by atoms with E-state index < -0.39 is 0 Å². The lowest BCUT2D eigenvalue weighted by molar-refractivity contribution is 0.669. The van der Waals surface area contributed by atoms with Crippen LogP contribution in [0.25, 0.3) is 99.9 Å². The molecule has 0 saturated heterocycles. The molecule has 4 heteroatoms. The SMILES string of the molecule is c1ccc(-c2ccccc2-c2nc(-c3ccc(-c4ccc5c(ccc6ccccc65)c4)cc3)nc(-c3cccc4oc5ccccc5c34)n2)cc1. The normalized spacial score (nSPS) is 11.5. The lowest BCUT2D eigenvalue weighted by atomic mass is 9.97. The molecule has 10 rings (SSSR count). The molecule has 2 aromatic heterocycles. The van der Waals surface area contributed by atoms with Gasteiger partial charge in [-0.25, -0.2) is 15.0 Å². The van der Waals surface area contributed by atoms with E-state index in [0.717, 1.165) is 60.9 Å². The van der Waals surface area contributed by atoms with Crippen LogP contribution in [0.4, 0.5) is 0 Å². The number of fused-ring (bicyclic) bond motifs is 6. The van der Waals surface area contributed by atoms with Gasteiger partial charge in [-0.1, -0.05) is 158 Å². The molecule has 0 radical (unpaired) electrons. The van der Waals surface area contributed by atoms with Crippen molar-refractivity contribution >= 4 is 43.5 Å². The average Bonchev–Trinajstić information content (AvgIpc) is 3.60. The van der Waals surface area contributed by atoms with E-state index >= 15 is 0 Å². The Hall–Kier alpha value is -6.91. The van der Waals surface area contributed by atoms with E-state index in [9.17, 15) is 0 Å². The van der Waals surface area contributed by atoms with Crippen LogP contribution in [0.3, 0.4) is 0 Å². The minimum atomic E-state index is 0.598. The third kappa shape index (κ3) is 5.04. The number of aromatic nitrogens is 3. The molecule has 0 spiro atoms. The van der Waals surface area contributed by atoms with Crippen LogP contribution in [0, 0.1) is 0 Å². The highest BCUT2D eigenvalue weighted by Gasteiger charge is 2.19. The first-order chi connectivity index (χ1) is 25.3. The van der Waals surface area contributed by atoms with Crippen LogP contribution in [0.1, 0.15) is 0 Å². The van der Waals surface area contributed by atoms with Gasteiger partial charge in [-0.05, 0) is 62.0 Å². The zero-order valence-corrected chi connectivity index (χ0v) is 27.5. The summed E-state index contributed by atoms with van der Waals surface area (Å²) < 4.78 is 6.25. The van der Waals surface area contributed by atoms with Crippen molar-refractivity contribution in [2.24, 2.45) is 0 Å². The molecular weight excluding hydrogens is 623 g/mol. The highest BCUT2D eigenvalue weighted by atomic mass is 16.3. The zero-order chi connectivity index (χ0) is 33.7. The molecule has 238 valence electrons. The highest BCUT2D eigenvalue weighted by Crippen LogP contribution is 2.38. The number of hydrogen-bond donors (Lipinski definition) is 0. The van der Waals surface area contributed by atoms with Gasteiger partial charge in [0, 0.05) is 27.5 Å². The lowest BCUT2D eigenvalue weighted by Crippen LogP contribution is -2.01. The summed E-state index contributed by atoms with van der Waals surface area (Å²) in [5.74, 6) is 1.82. The van der Waals surface area contributed by atoms with E-state index in [-0.39, 0.29) is 0 Å². The van der Waals surface area contributed by atoms with Gasteiger partial charge in [0.2, 0.25) is 0 Å². The topological polar surface area (TPSA) is 51.8 Å². The molecule has 4 nitrogen and oxygen atoms in total. The third-order valence-corrected chi connectivity index (χ3v) is 9.75. The smallest absolute Gasteiger partial charge is 0.164 e. The minimum Gasteiger partial charge on any atom is -0.456 e. The van der Waals surface area contributed by atoms with Crippen LogP contribution in [-0.4, -0.2) is 15.0 Å². The fourth-order valence-corrected chi connectivity index (χ4v) is 7.26. The Labute approximate surface area is 294 Å². The van der Waals surface area contributed by atoms with E-state index in [4.69, 9.17) is 19.4 Å². The monoisotopic (exact) mass is 651 g/mol. The molecule has 0 amide bonds. The van der Waals surface area contributed by atoms with E-state index in [1.807, 2.05) is 42.5 Å². The van der Waals surface area contributed by atoms with E-state index in [1.165, 1.54) is 21.5 Å². The van der Waals surface area contributed by atoms with Crippen molar-refractivity contribution < 1.29 is 4.42 Å². The van der Waals surface area contributed by atoms with E-state index in [2.05, 4.69) is 133 Å². The van der Waals surface area contributed by atoms with Gasteiger partial charge in [0.15, 0.2) is 17.5 Å². The number of rotatable bonds is 5. The molecule has 0 atom stereocenters. The first-order valence-electron chi connectivity index (χ1n) is 17.1. The van der Waals surface area contributed by atoms with E-state index in [0.29, 0.717) is 17.5 Å². The fourth-order valence-electron chi connectivity index (χ4n) is 7.26. The highest BCUT2D eigenvalue weighted by molar-refractivity contribution is 6.12. The summed E-state index contributed by atoms with van der Waals surface area (Å²) in [5.41, 5.74) is 8.86. The molecule has 2 heterocycles. The molecule has 0 N–H and O–H groups in total. The van der Waals surface area contributed by atoms with Gasteiger partial charge in [-0.15, -0.1) is 0 Å². The quantitative estimate of drug-likeness (QED) is 0.174. The summed E-state index contributed by atoms with van der Waals surface area (Å²) in [5, 5.41) is 7.03. The first kappa shape index (κ1) is 29.0. The summed E-state index contributed by atoms with van der Waals surface area (Å²) in [6.07, 6.45) is 0. The van der Waals surface area contributed by atoms with Crippen molar-refractivity contribution in [2.45, 2.75) is 0 Å². The second-order valence-corrected chi connectivity index (χ2v) is 12.8. The summed E-state index contributed by atoms with van der Waals surface area (Å²) >= 11 is 0. The first-order valence-corrected chi connectivity index (χ1v) is 17.1. The number of para-hydroxylation sites is 1. The second kappa shape index (κ2) is 11.9. The van der Waals surface area contributed by atoms with E-state index in [1.54, 1.807) is 0 Å². The van der Waals surface area contributed by atoms with Crippen LogP contribution in [0.5, 0.6) is 0 Å². The largest absolute Gasteiger partial charge is 0.456 e. The Morgan fingerprint density at radius 3 is 1.76 bits per heavy atom. The lowest BCUT2D eigenvalue weighted by Gasteiger charge is -2.13. The zero-order valence-electron chi connectivity index (χ0n) is 27.5. The van der Waals surface area contributed by atoms with Gasteiger partial charge in [-0.3, -0.25) is 0 Å². The Kier molecular flexibility index (Phi) is 6.78. The minimum absolute atomic E-state index is 0.598. The van der Waals surface area contributed by atoms with Gasteiger partial charge < -0.3 is 4.42 Å². The van der Waals surface area contributed by atoms with Crippen molar-refractivity contribution in [3.63, 3.8) is 0 Å². The Morgan fingerprint density at radius 2 is 0.902 bits per heavy atom. The number of nitrogens with zero attached hydrogens (tertiary/aromatic N) is 3. The molecule has 0 unspecified atom stereocenters. The van der Waals surface area contributed by atoms with Crippen LogP contribution in [-0.2, 0) is 0 Å². The maximum Gasteiger partial charge on any atom is 0.164 e. The van der Waals surface area contributed by atoms with Gasteiger partial charge >= 0.3 is 0 Å². The molecule has 0 aliphatic heterocycles. The summed E-state index contributed by atoms with van der Waals surface area (Å²) in [6.45, 7) is 0.